The second kappa shape index (κ2) is 7.68. The molecule has 7 heteroatoms. The van der Waals surface area contributed by atoms with Crippen LogP contribution in [0.5, 0.6) is 5.75 Å². The van der Waals surface area contributed by atoms with Crippen LogP contribution in [0.4, 0.5) is 4.79 Å². The van der Waals surface area contributed by atoms with Crippen molar-refractivity contribution in [2.75, 3.05) is 13.2 Å². The van der Waals surface area contributed by atoms with Crippen molar-refractivity contribution in [2.45, 2.75) is 18.9 Å². The number of imide groups is 1. The lowest BCUT2D eigenvalue weighted by atomic mass is 9.87. The van der Waals surface area contributed by atoms with Crippen LogP contribution in [0, 0.1) is 0 Å². The van der Waals surface area contributed by atoms with Gasteiger partial charge >= 0.3 is 6.03 Å². The van der Waals surface area contributed by atoms with Crippen LogP contribution < -0.4 is 10.1 Å². The summed E-state index contributed by atoms with van der Waals surface area (Å²) in [4.78, 5) is 26.6. The van der Waals surface area contributed by atoms with Crippen molar-refractivity contribution in [3.63, 3.8) is 0 Å². The number of nitrogens with zero attached hydrogens (tertiary/aromatic N) is 1. The van der Waals surface area contributed by atoms with Crippen LogP contribution in [-0.4, -0.2) is 30.0 Å². The van der Waals surface area contributed by atoms with Gasteiger partial charge in [0.25, 0.3) is 5.91 Å². The van der Waals surface area contributed by atoms with Crippen LogP contribution in [0.2, 0.25) is 5.02 Å². The Morgan fingerprint density at radius 1 is 1.19 bits per heavy atom. The summed E-state index contributed by atoms with van der Waals surface area (Å²) in [7, 11) is 0. The maximum atomic E-state index is 13.0. The van der Waals surface area contributed by atoms with Crippen LogP contribution in [-0.2, 0) is 10.3 Å². The maximum absolute atomic E-state index is 13.0. The van der Waals surface area contributed by atoms with E-state index in [1.54, 1.807) is 24.3 Å². The fraction of sp³-hybridized carbons (Fsp3) is 0.263. The van der Waals surface area contributed by atoms with Gasteiger partial charge in [0.05, 0.1) is 6.54 Å². The molecule has 0 aliphatic carbocycles. The number of ether oxygens (including phenoxy) is 1. The quantitative estimate of drug-likeness (QED) is 0.684. The Hall–Kier alpha value is -2.05. The van der Waals surface area contributed by atoms with Crippen molar-refractivity contribution < 1.29 is 14.3 Å². The first-order valence-corrected chi connectivity index (χ1v) is 9.42. The van der Waals surface area contributed by atoms with Gasteiger partial charge in [-0.15, -0.1) is 0 Å². The molecular weight excluding hydrogens is 420 g/mol. The molecule has 0 aromatic heterocycles. The van der Waals surface area contributed by atoms with Gasteiger partial charge in [0.1, 0.15) is 17.9 Å². The summed E-state index contributed by atoms with van der Waals surface area (Å²) in [6.45, 7) is 2.26. The maximum Gasteiger partial charge on any atom is 0.325 e. The molecule has 1 N–H and O–H groups in total. The molecule has 0 radical (unpaired) electrons. The molecule has 0 bridgehead atoms. The van der Waals surface area contributed by atoms with Crippen LogP contribution in [0.1, 0.15) is 18.9 Å². The average molecular weight is 438 g/mol. The Morgan fingerprint density at radius 2 is 1.92 bits per heavy atom. The Kier molecular flexibility index (Phi) is 5.53. The van der Waals surface area contributed by atoms with Gasteiger partial charge in [-0.3, -0.25) is 9.69 Å². The lowest BCUT2D eigenvalue weighted by Gasteiger charge is -2.25. The minimum absolute atomic E-state index is 0.173. The van der Waals surface area contributed by atoms with Crippen molar-refractivity contribution in [3.05, 3.63) is 63.6 Å². The van der Waals surface area contributed by atoms with Crippen LogP contribution in [0.25, 0.3) is 0 Å². The fourth-order valence-corrected chi connectivity index (χ4v) is 3.52. The summed E-state index contributed by atoms with van der Waals surface area (Å²) in [6.07, 6.45) is 0.447. The monoisotopic (exact) mass is 436 g/mol. The van der Waals surface area contributed by atoms with E-state index >= 15 is 0 Å². The molecule has 0 saturated carbocycles. The minimum atomic E-state index is -1.06. The lowest BCUT2D eigenvalue weighted by Crippen LogP contribution is -2.43. The number of urea groups is 1. The molecule has 1 atom stereocenters. The van der Waals surface area contributed by atoms with Gasteiger partial charge in [0.15, 0.2) is 0 Å². The topological polar surface area (TPSA) is 58.6 Å². The Morgan fingerprint density at radius 3 is 2.58 bits per heavy atom. The number of carbonyl (C=O) groups excluding carboxylic acids is 2. The molecule has 3 rings (SSSR count). The first-order valence-electron chi connectivity index (χ1n) is 8.25. The lowest BCUT2D eigenvalue weighted by molar-refractivity contribution is -0.132. The summed E-state index contributed by atoms with van der Waals surface area (Å²) in [5.74, 6) is 0.399. The van der Waals surface area contributed by atoms with Crippen molar-refractivity contribution in [1.82, 2.24) is 10.2 Å². The number of hydrogen-bond donors (Lipinski definition) is 1. The van der Waals surface area contributed by atoms with E-state index < -0.39 is 11.6 Å². The largest absolute Gasteiger partial charge is 0.492 e. The summed E-state index contributed by atoms with van der Waals surface area (Å²) < 4.78 is 6.55. The van der Waals surface area contributed by atoms with Crippen LogP contribution >= 0.6 is 27.5 Å². The Balaban J connectivity index is 1.72. The number of benzene rings is 2. The molecule has 1 unspecified atom stereocenters. The minimum Gasteiger partial charge on any atom is -0.492 e. The molecule has 5 nitrogen and oxygen atoms in total. The molecule has 1 saturated heterocycles. The van der Waals surface area contributed by atoms with E-state index in [-0.39, 0.29) is 19.1 Å². The SMILES string of the molecule is CCC1(c2ccc(Cl)cc2)NC(=O)N(CCOc2cccc(Br)c2)C1=O. The highest BCUT2D eigenvalue weighted by Gasteiger charge is 2.50. The molecule has 2 aromatic carbocycles. The Bertz CT molecular complexity index is 828. The third-order valence-corrected chi connectivity index (χ3v) is 5.17. The standard InChI is InChI=1S/C19H18BrClN2O3/c1-2-19(13-6-8-15(21)9-7-13)17(24)23(18(25)22-19)10-11-26-16-5-3-4-14(20)12-16/h3-9,12H,2,10-11H2,1H3,(H,22,25). The van der Waals surface area contributed by atoms with Crippen LogP contribution in [0.15, 0.2) is 53.0 Å². The van der Waals surface area contributed by atoms with E-state index in [2.05, 4.69) is 21.2 Å². The molecule has 26 heavy (non-hydrogen) atoms. The van der Waals surface area contributed by atoms with Crippen LogP contribution in [0.3, 0.4) is 0 Å². The highest BCUT2D eigenvalue weighted by atomic mass is 79.9. The van der Waals surface area contributed by atoms with E-state index in [1.165, 1.54) is 4.90 Å². The zero-order valence-electron chi connectivity index (χ0n) is 14.2. The zero-order chi connectivity index (χ0) is 18.7. The van der Waals surface area contributed by atoms with E-state index in [4.69, 9.17) is 16.3 Å². The predicted molar refractivity (Wildman–Crippen MR) is 103 cm³/mol. The predicted octanol–water partition coefficient (Wildman–Crippen LogP) is 4.34. The third kappa shape index (κ3) is 3.57. The second-order valence-electron chi connectivity index (χ2n) is 5.96. The van der Waals surface area contributed by atoms with Crippen molar-refractivity contribution in [1.29, 1.82) is 0 Å². The van der Waals surface area contributed by atoms with Gasteiger partial charge in [-0.25, -0.2) is 4.79 Å². The van der Waals surface area contributed by atoms with Crippen molar-refractivity contribution in [3.8, 4) is 5.75 Å². The zero-order valence-corrected chi connectivity index (χ0v) is 16.5. The van der Waals surface area contributed by atoms with Gasteiger partial charge in [-0.2, -0.15) is 0 Å². The summed E-state index contributed by atoms with van der Waals surface area (Å²) in [5, 5.41) is 3.42. The first kappa shape index (κ1) is 18.7. The average Bonchev–Trinajstić information content (AvgIpc) is 2.87. The van der Waals surface area contributed by atoms with Gasteiger partial charge in [0, 0.05) is 9.50 Å². The molecule has 2 aromatic rings. The van der Waals surface area contributed by atoms with E-state index in [9.17, 15) is 9.59 Å². The third-order valence-electron chi connectivity index (χ3n) is 4.42. The summed E-state index contributed by atoms with van der Waals surface area (Å²) in [5.41, 5.74) is -0.338. The highest BCUT2D eigenvalue weighted by Crippen LogP contribution is 2.33. The van der Waals surface area contributed by atoms with Gasteiger partial charge < -0.3 is 10.1 Å². The molecule has 1 fully saturated rings. The number of nitrogens with one attached hydrogen (secondary N) is 1. The molecule has 1 aliphatic rings. The molecule has 136 valence electrons. The van der Waals surface area contributed by atoms with Crippen molar-refractivity contribution in [2.24, 2.45) is 0 Å². The summed E-state index contributed by atoms with van der Waals surface area (Å²) in [6, 6.07) is 14.0. The van der Waals surface area contributed by atoms with E-state index in [1.807, 2.05) is 31.2 Å². The highest BCUT2D eigenvalue weighted by molar-refractivity contribution is 9.10. The normalized spacial score (nSPS) is 19.6. The number of halogens is 2. The summed E-state index contributed by atoms with van der Waals surface area (Å²) >= 11 is 9.31. The van der Waals surface area contributed by atoms with E-state index in [0.29, 0.717) is 17.2 Å². The number of amides is 3. The molecule has 3 amide bonds. The Labute approximate surface area is 165 Å². The number of carbonyl (C=O) groups is 2. The second-order valence-corrected chi connectivity index (χ2v) is 7.31. The molecule has 1 heterocycles. The smallest absolute Gasteiger partial charge is 0.325 e. The number of rotatable bonds is 6. The molecular formula is C19H18BrClN2O3. The first-order chi connectivity index (χ1) is 12.5. The molecule has 0 spiro atoms. The van der Waals surface area contributed by atoms with Crippen molar-refractivity contribution >= 4 is 39.5 Å². The molecule has 1 aliphatic heterocycles. The van der Waals surface area contributed by atoms with E-state index in [0.717, 1.165) is 10.0 Å². The van der Waals surface area contributed by atoms with Gasteiger partial charge in [0.2, 0.25) is 0 Å². The fourth-order valence-electron chi connectivity index (χ4n) is 3.01. The van der Waals surface area contributed by atoms with Gasteiger partial charge in [-0.1, -0.05) is 52.7 Å². The van der Waals surface area contributed by atoms with Gasteiger partial charge in [-0.05, 0) is 42.3 Å². The number of hydrogen-bond acceptors (Lipinski definition) is 3.